The van der Waals surface area contributed by atoms with Gasteiger partial charge in [0, 0.05) is 0 Å². The Labute approximate surface area is 135 Å². The molecule has 0 saturated heterocycles. The van der Waals surface area contributed by atoms with Crippen LogP contribution >= 0.6 is 0 Å². The molecule has 0 aromatic rings. The molecule has 102 valence electrons. The van der Waals surface area contributed by atoms with Crippen molar-refractivity contribution < 1.29 is 23.2 Å². The minimum absolute atomic E-state index is 0.532. The van der Waals surface area contributed by atoms with Crippen molar-refractivity contribution in [3.63, 3.8) is 0 Å². The topological polar surface area (TPSA) is 0 Å². The molecule has 2 aliphatic carbocycles. The second-order valence-electron chi connectivity index (χ2n) is 6.26. The van der Waals surface area contributed by atoms with Gasteiger partial charge in [-0.1, -0.05) is 0 Å². The van der Waals surface area contributed by atoms with Gasteiger partial charge in [-0.2, -0.15) is 0 Å². The van der Waals surface area contributed by atoms with Crippen molar-refractivity contribution >= 4 is 20.5 Å². The molecule has 0 bridgehead atoms. The third-order valence-electron chi connectivity index (χ3n) is 5.55. The van der Waals surface area contributed by atoms with E-state index in [4.69, 9.17) is 0 Å². The van der Waals surface area contributed by atoms with Crippen molar-refractivity contribution in [1.29, 1.82) is 0 Å². The molecule has 0 spiro atoms. The van der Waals surface area contributed by atoms with E-state index in [1.807, 2.05) is 6.56 Å². The molecule has 0 fully saturated rings. The van der Waals surface area contributed by atoms with Gasteiger partial charge in [-0.25, -0.2) is 0 Å². The third-order valence-corrected chi connectivity index (χ3v) is 16.6. The summed E-state index contributed by atoms with van der Waals surface area (Å²) in [6.45, 7) is 14.2. The van der Waals surface area contributed by atoms with Gasteiger partial charge in [0.25, 0.3) is 0 Å². The molecule has 0 heterocycles. The van der Waals surface area contributed by atoms with Gasteiger partial charge < -0.3 is 0 Å². The average Bonchev–Trinajstić information content (AvgIpc) is 2.68. The van der Waals surface area contributed by atoms with E-state index >= 15 is 0 Å². The Morgan fingerprint density at radius 3 is 1.16 bits per heavy atom. The minimum atomic E-state index is -0.532. The Balaban J connectivity index is 2.32. The molecule has 2 rings (SSSR count). The van der Waals surface area contributed by atoms with E-state index in [0.29, 0.717) is 0 Å². The first-order valence-corrected chi connectivity index (χ1v) is 12.1. The molecule has 0 N–H and O–H groups in total. The first kappa shape index (κ1) is 15.7. The predicted octanol–water partition coefficient (Wildman–Crippen LogP) is 2.62. The van der Waals surface area contributed by atoms with E-state index < -0.39 is 23.2 Å². The number of hydrogen-bond acceptors (Lipinski definition) is 0. The van der Waals surface area contributed by atoms with E-state index in [2.05, 4.69) is 41.5 Å². The second-order valence-corrected chi connectivity index (χ2v) is 11.8. The molecule has 2 unspecified atom stereocenters. The molecule has 0 radical (unpaired) electrons. The van der Waals surface area contributed by atoms with Crippen LogP contribution in [0.3, 0.4) is 0 Å². The van der Waals surface area contributed by atoms with Crippen molar-refractivity contribution in [1.82, 2.24) is 0 Å². The first-order valence-electron chi connectivity index (χ1n) is 7.31. The molecule has 2 atom stereocenters. The van der Waals surface area contributed by atoms with Gasteiger partial charge in [-0.3, -0.25) is 0 Å². The van der Waals surface area contributed by atoms with Crippen LogP contribution in [0.25, 0.3) is 0 Å². The zero-order valence-electron chi connectivity index (χ0n) is 13.7. The van der Waals surface area contributed by atoms with E-state index in [1.54, 1.807) is 33.4 Å². The molecule has 2 aliphatic rings. The summed E-state index contributed by atoms with van der Waals surface area (Å²) in [4.78, 5) is 0. The summed E-state index contributed by atoms with van der Waals surface area (Å²) < 4.78 is 3.81. The quantitative estimate of drug-likeness (QED) is 0.660. The molecule has 0 saturated carbocycles. The Kier molecular flexibility index (Phi) is 4.60. The molecule has 19 heavy (non-hydrogen) atoms. The van der Waals surface area contributed by atoms with Gasteiger partial charge >= 0.3 is 136 Å². The van der Waals surface area contributed by atoms with Crippen LogP contribution in [0.2, 0.25) is 11.1 Å². The van der Waals surface area contributed by atoms with Crippen LogP contribution in [0, 0.1) is 0 Å². The van der Waals surface area contributed by atoms with Gasteiger partial charge in [0.2, 0.25) is 0 Å². The summed E-state index contributed by atoms with van der Waals surface area (Å²) in [6.07, 6.45) is 0. The SMILES string of the molecule is CC1=C(C)C([SiH3])[C]([Zr][C]2=C(C)C(C)=C(C)C2[SiH3])=C1C. The van der Waals surface area contributed by atoms with Crippen LogP contribution in [0.5, 0.6) is 0 Å². The Morgan fingerprint density at radius 1 is 0.632 bits per heavy atom. The first-order chi connectivity index (χ1) is 8.77. The van der Waals surface area contributed by atoms with Crippen LogP contribution in [-0.4, -0.2) is 20.5 Å². The van der Waals surface area contributed by atoms with Gasteiger partial charge in [-0.05, 0) is 0 Å². The van der Waals surface area contributed by atoms with Crippen LogP contribution in [-0.2, 0) is 23.2 Å². The van der Waals surface area contributed by atoms with Crippen molar-refractivity contribution in [2.24, 2.45) is 0 Å². The Bertz CT molecular complexity index is 511. The third kappa shape index (κ3) is 2.47. The van der Waals surface area contributed by atoms with Crippen molar-refractivity contribution in [2.75, 3.05) is 0 Å². The van der Waals surface area contributed by atoms with E-state index in [1.165, 1.54) is 20.5 Å². The van der Waals surface area contributed by atoms with Crippen LogP contribution in [0.15, 0.2) is 40.0 Å². The molecular weight excluding hydrogens is 340 g/mol. The summed E-state index contributed by atoms with van der Waals surface area (Å²) in [6, 6.07) is 0. The molecular formula is C16H26Si2Zr. The number of rotatable bonds is 2. The summed E-state index contributed by atoms with van der Waals surface area (Å²) in [5.74, 6) is 0. The molecule has 3 heteroatoms. The summed E-state index contributed by atoms with van der Waals surface area (Å²) in [7, 11) is 2.61. The fourth-order valence-corrected chi connectivity index (χ4v) is 11.4. The second kappa shape index (κ2) is 5.58. The summed E-state index contributed by atoms with van der Waals surface area (Å²) in [5.41, 5.74) is 11.6. The fourth-order valence-electron chi connectivity index (χ4n) is 3.28. The van der Waals surface area contributed by atoms with Gasteiger partial charge in [0.1, 0.15) is 0 Å². The zero-order valence-corrected chi connectivity index (χ0v) is 20.1. The van der Waals surface area contributed by atoms with Crippen molar-refractivity contribution in [2.45, 2.75) is 52.6 Å². The van der Waals surface area contributed by atoms with Gasteiger partial charge in [0.05, 0.1) is 0 Å². The van der Waals surface area contributed by atoms with Crippen LogP contribution in [0.4, 0.5) is 0 Å². The van der Waals surface area contributed by atoms with E-state index in [9.17, 15) is 0 Å². The average molecular weight is 366 g/mol. The standard InChI is InChI=1S/2C8H13Si.Zr/c2*1-5-4-8(9)7(3)6(5)2;/h2*8H,1-3,9H3;. The summed E-state index contributed by atoms with van der Waals surface area (Å²) >= 11 is -0.532. The predicted molar refractivity (Wildman–Crippen MR) is 89.5 cm³/mol. The maximum atomic E-state index is 2.38. The molecule has 0 amide bonds. The van der Waals surface area contributed by atoms with Crippen molar-refractivity contribution in [3.05, 3.63) is 40.0 Å². The summed E-state index contributed by atoms with van der Waals surface area (Å²) in [5, 5.41) is 0. The van der Waals surface area contributed by atoms with Gasteiger partial charge in [-0.15, -0.1) is 0 Å². The number of hydrogen-bond donors (Lipinski definition) is 0. The molecule has 0 aromatic heterocycles. The molecule has 0 nitrogen and oxygen atoms in total. The zero-order chi connectivity index (χ0) is 14.5. The molecule has 0 aliphatic heterocycles. The van der Waals surface area contributed by atoms with Crippen LogP contribution in [0.1, 0.15) is 41.5 Å². The Morgan fingerprint density at radius 2 is 0.947 bits per heavy atom. The number of allylic oxidation sites excluding steroid dienone is 8. The monoisotopic (exact) mass is 364 g/mol. The fraction of sp³-hybridized carbons (Fsp3) is 0.500. The molecule has 0 aromatic carbocycles. The van der Waals surface area contributed by atoms with E-state index in [0.717, 1.165) is 11.1 Å². The van der Waals surface area contributed by atoms with Crippen molar-refractivity contribution in [3.8, 4) is 0 Å². The Hall–Kier alpha value is 0.277. The van der Waals surface area contributed by atoms with E-state index in [-0.39, 0.29) is 0 Å². The van der Waals surface area contributed by atoms with Gasteiger partial charge in [0.15, 0.2) is 0 Å². The van der Waals surface area contributed by atoms with Crippen LogP contribution < -0.4 is 0 Å². The maximum absolute atomic E-state index is 2.38. The normalized spacial score (nSPS) is 28.5.